The standard InChI is InChI=1S/C10H11BrFNO3S/c11-9-7-8(12)3-4-10(9)17(14,15)13-5-1-2-6-16-13/h3-4,7H,1-2,5-6H2. The summed E-state index contributed by atoms with van der Waals surface area (Å²) in [4.78, 5) is 5.13. The molecule has 0 amide bonds. The fraction of sp³-hybridized carbons (Fsp3) is 0.400. The van der Waals surface area contributed by atoms with Crippen LogP contribution in [-0.2, 0) is 14.9 Å². The minimum atomic E-state index is -3.71. The van der Waals surface area contributed by atoms with Crippen LogP contribution < -0.4 is 0 Å². The molecule has 0 spiro atoms. The summed E-state index contributed by atoms with van der Waals surface area (Å²) >= 11 is 3.05. The van der Waals surface area contributed by atoms with E-state index in [2.05, 4.69) is 15.9 Å². The molecule has 4 nitrogen and oxygen atoms in total. The highest BCUT2D eigenvalue weighted by molar-refractivity contribution is 9.10. The van der Waals surface area contributed by atoms with E-state index < -0.39 is 15.8 Å². The number of rotatable bonds is 2. The SMILES string of the molecule is O=S(=O)(c1ccc(F)cc1Br)N1CCCCO1. The monoisotopic (exact) mass is 323 g/mol. The van der Waals surface area contributed by atoms with Gasteiger partial charge in [-0.25, -0.2) is 12.8 Å². The third-order valence-electron chi connectivity index (χ3n) is 2.41. The molecule has 17 heavy (non-hydrogen) atoms. The van der Waals surface area contributed by atoms with E-state index in [4.69, 9.17) is 4.84 Å². The Hall–Kier alpha value is -0.500. The first-order chi connectivity index (χ1) is 8.01. The van der Waals surface area contributed by atoms with Gasteiger partial charge in [-0.1, -0.05) is 4.47 Å². The van der Waals surface area contributed by atoms with Crippen molar-refractivity contribution >= 4 is 26.0 Å². The van der Waals surface area contributed by atoms with Crippen molar-refractivity contribution in [3.63, 3.8) is 0 Å². The van der Waals surface area contributed by atoms with Gasteiger partial charge in [0.15, 0.2) is 0 Å². The van der Waals surface area contributed by atoms with Crippen molar-refractivity contribution in [1.29, 1.82) is 0 Å². The van der Waals surface area contributed by atoms with Crippen LogP contribution in [0.4, 0.5) is 4.39 Å². The third-order valence-corrected chi connectivity index (χ3v) is 5.06. The van der Waals surface area contributed by atoms with Crippen LogP contribution in [0.2, 0.25) is 0 Å². The molecule has 0 unspecified atom stereocenters. The fourth-order valence-electron chi connectivity index (χ4n) is 1.56. The van der Waals surface area contributed by atoms with Crippen LogP contribution in [0.1, 0.15) is 12.8 Å². The minimum absolute atomic E-state index is 0.0146. The van der Waals surface area contributed by atoms with Crippen LogP contribution in [0.3, 0.4) is 0 Å². The molecule has 0 saturated carbocycles. The van der Waals surface area contributed by atoms with Crippen molar-refractivity contribution in [3.8, 4) is 0 Å². The Kier molecular flexibility index (Phi) is 3.82. The fourth-order valence-corrected chi connectivity index (χ4v) is 3.87. The number of nitrogens with zero attached hydrogens (tertiary/aromatic N) is 1. The highest BCUT2D eigenvalue weighted by atomic mass is 79.9. The molecule has 0 bridgehead atoms. The summed E-state index contributed by atoms with van der Waals surface area (Å²) in [5.74, 6) is -0.490. The van der Waals surface area contributed by atoms with Gasteiger partial charge in [-0.2, -0.15) is 0 Å². The van der Waals surface area contributed by atoms with Crippen LogP contribution in [-0.4, -0.2) is 26.0 Å². The van der Waals surface area contributed by atoms with Crippen LogP contribution in [0.25, 0.3) is 0 Å². The first-order valence-electron chi connectivity index (χ1n) is 5.12. The minimum Gasteiger partial charge on any atom is -0.284 e. The van der Waals surface area contributed by atoms with Crippen LogP contribution in [0.5, 0.6) is 0 Å². The maximum Gasteiger partial charge on any atom is 0.266 e. The van der Waals surface area contributed by atoms with Crippen molar-refractivity contribution in [2.75, 3.05) is 13.2 Å². The molecule has 1 aliphatic rings. The first-order valence-corrected chi connectivity index (χ1v) is 7.36. The van der Waals surface area contributed by atoms with E-state index in [0.29, 0.717) is 13.2 Å². The summed E-state index contributed by atoms with van der Waals surface area (Å²) < 4.78 is 38.4. The summed E-state index contributed by atoms with van der Waals surface area (Å²) in [5, 5.41) is 0. The number of hydrogen-bond acceptors (Lipinski definition) is 3. The Morgan fingerprint density at radius 2 is 2.12 bits per heavy atom. The Balaban J connectivity index is 2.37. The largest absolute Gasteiger partial charge is 0.284 e. The first kappa shape index (κ1) is 12.9. The lowest BCUT2D eigenvalue weighted by atomic mass is 10.3. The molecule has 1 heterocycles. The lowest BCUT2D eigenvalue weighted by Gasteiger charge is -2.25. The molecular formula is C10H11BrFNO3S. The molecule has 2 rings (SSSR count). The van der Waals surface area contributed by atoms with Gasteiger partial charge in [0, 0.05) is 11.0 Å². The Labute approximate surface area is 108 Å². The zero-order valence-corrected chi connectivity index (χ0v) is 11.3. The van der Waals surface area contributed by atoms with E-state index in [1.807, 2.05) is 0 Å². The Morgan fingerprint density at radius 1 is 1.35 bits per heavy atom. The highest BCUT2D eigenvalue weighted by Crippen LogP contribution is 2.27. The maximum absolute atomic E-state index is 12.9. The van der Waals surface area contributed by atoms with Crippen molar-refractivity contribution in [3.05, 3.63) is 28.5 Å². The molecule has 0 aromatic heterocycles. The van der Waals surface area contributed by atoms with E-state index in [9.17, 15) is 12.8 Å². The lowest BCUT2D eigenvalue weighted by molar-refractivity contribution is -0.108. The summed E-state index contributed by atoms with van der Waals surface area (Å²) in [6, 6.07) is 3.46. The average Bonchev–Trinajstić information content (AvgIpc) is 2.29. The third kappa shape index (κ3) is 2.67. The van der Waals surface area contributed by atoms with Gasteiger partial charge in [0.05, 0.1) is 11.5 Å². The molecule has 7 heteroatoms. The molecular weight excluding hydrogens is 313 g/mol. The Morgan fingerprint density at radius 3 is 2.71 bits per heavy atom. The molecule has 1 aromatic rings. The second kappa shape index (κ2) is 5.01. The lowest BCUT2D eigenvalue weighted by Crippen LogP contribution is -2.35. The number of halogens is 2. The molecule has 1 aliphatic heterocycles. The van der Waals surface area contributed by atoms with Gasteiger partial charge in [-0.15, -0.1) is 0 Å². The topological polar surface area (TPSA) is 46.6 Å². The zero-order chi connectivity index (χ0) is 12.5. The number of sulfonamides is 1. The average molecular weight is 324 g/mol. The van der Waals surface area contributed by atoms with Crippen molar-refractivity contribution in [2.45, 2.75) is 17.7 Å². The van der Waals surface area contributed by atoms with E-state index in [0.717, 1.165) is 29.4 Å². The number of benzene rings is 1. The highest BCUT2D eigenvalue weighted by Gasteiger charge is 2.29. The molecule has 0 aliphatic carbocycles. The predicted octanol–water partition coefficient (Wildman–Crippen LogP) is 2.30. The molecule has 94 valence electrons. The van der Waals surface area contributed by atoms with E-state index in [1.54, 1.807) is 0 Å². The van der Waals surface area contributed by atoms with E-state index in [1.165, 1.54) is 6.07 Å². The van der Waals surface area contributed by atoms with E-state index >= 15 is 0 Å². The Bertz CT molecular complexity index is 514. The molecule has 1 aromatic carbocycles. The summed E-state index contributed by atoms with van der Waals surface area (Å²) in [6.07, 6.45) is 1.61. The molecule has 0 N–H and O–H groups in total. The normalized spacial score (nSPS) is 18.2. The zero-order valence-electron chi connectivity index (χ0n) is 8.90. The van der Waals surface area contributed by atoms with Gasteiger partial charge in [-0.05, 0) is 47.0 Å². The van der Waals surface area contributed by atoms with Crippen molar-refractivity contribution < 1.29 is 17.6 Å². The predicted molar refractivity (Wildman–Crippen MR) is 63.2 cm³/mol. The van der Waals surface area contributed by atoms with Gasteiger partial charge in [0.25, 0.3) is 10.0 Å². The summed E-state index contributed by atoms with van der Waals surface area (Å²) in [6.45, 7) is 0.712. The molecule has 1 fully saturated rings. The smallest absolute Gasteiger partial charge is 0.266 e. The van der Waals surface area contributed by atoms with Crippen molar-refractivity contribution in [1.82, 2.24) is 4.47 Å². The van der Waals surface area contributed by atoms with Gasteiger partial charge >= 0.3 is 0 Å². The van der Waals surface area contributed by atoms with Crippen LogP contribution >= 0.6 is 15.9 Å². The van der Waals surface area contributed by atoms with E-state index in [-0.39, 0.29) is 9.37 Å². The van der Waals surface area contributed by atoms with Gasteiger partial charge < -0.3 is 0 Å². The summed E-state index contributed by atoms with van der Waals surface area (Å²) in [5.41, 5.74) is 0. The quantitative estimate of drug-likeness (QED) is 0.839. The number of hydrogen-bond donors (Lipinski definition) is 0. The van der Waals surface area contributed by atoms with Gasteiger partial charge in [0.2, 0.25) is 0 Å². The second-order valence-corrected chi connectivity index (χ2v) is 6.30. The molecule has 1 saturated heterocycles. The number of hydroxylamine groups is 1. The maximum atomic E-state index is 12.9. The molecule has 0 radical (unpaired) electrons. The second-order valence-electron chi connectivity index (χ2n) is 3.65. The molecule has 0 atom stereocenters. The van der Waals surface area contributed by atoms with Gasteiger partial charge in [0.1, 0.15) is 5.82 Å². The van der Waals surface area contributed by atoms with Gasteiger partial charge in [-0.3, -0.25) is 4.84 Å². The van der Waals surface area contributed by atoms with Crippen LogP contribution in [0, 0.1) is 5.82 Å². The van der Waals surface area contributed by atoms with Crippen LogP contribution in [0.15, 0.2) is 27.6 Å². The summed E-state index contributed by atoms with van der Waals surface area (Å²) in [7, 11) is -3.71. The van der Waals surface area contributed by atoms with Crippen molar-refractivity contribution in [2.24, 2.45) is 0 Å².